The van der Waals surface area contributed by atoms with Crippen molar-refractivity contribution in [2.45, 2.75) is 44.2 Å². The van der Waals surface area contributed by atoms with Crippen LogP contribution >= 0.6 is 11.8 Å². The molecule has 0 radical (unpaired) electrons. The van der Waals surface area contributed by atoms with Crippen molar-refractivity contribution in [1.29, 1.82) is 0 Å². The fraction of sp³-hybridized carbons (Fsp3) is 0.360. The van der Waals surface area contributed by atoms with E-state index >= 15 is 0 Å². The predicted octanol–water partition coefficient (Wildman–Crippen LogP) is 4.16. The van der Waals surface area contributed by atoms with Gasteiger partial charge in [0, 0.05) is 30.8 Å². The molecule has 1 aliphatic carbocycles. The zero-order valence-electron chi connectivity index (χ0n) is 20.1. The van der Waals surface area contributed by atoms with Gasteiger partial charge in [-0.15, -0.1) is 11.8 Å². The Hall–Kier alpha value is -3.33. The molecular weight excluding hydrogens is 448 g/mol. The van der Waals surface area contributed by atoms with Gasteiger partial charge in [0.25, 0.3) is 0 Å². The van der Waals surface area contributed by atoms with Crippen molar-refractivity contribution in [2.24, 2.45) is 14.1 Å². The molecule has 0 spiro atoms. The van der Waals surface area contributed by atoms with Gasteiger partial charge in [0.05, 0.1) is 16.4 Å². The van der Waals surface area contributed by atoms with Gasteiger partial charge in [-0.3, -0.25) is 4.68 Å². The number of thioether (sulfide) groups is 1. The van der Waals surface area contributed by atoms with Gasteiger partial charge in [-0.05, 0) is 84.7 Å². The van der Waals surface area contributed by atoms with E-state index in [2.05, 4.69) is 41.8 Å². The van der Waals surface area contributed by atoms with Crippen LogP contribution in [0.3, 0.4) is 0 Å². The zero-order chi connectivity index (χ0) is 24.0. The highest BCUT2D eigenvalue weighted by Crippen LogP contribution is 2.43. The first-order valence-corrected chi connectivity index (χ1v) is 12.5. The molecule has 9 heteroatoms. The van der Waals surface area contributed by atoms with E-state index in [4.69, 9.17) is 9.84 Å². The van der Waals surface area contributed by atoms with E-state index in [0.29, 0.717) is 12.5 Å². The predicted molar refractivity (Wildman–Crippen MR) is 133 cm³/mol. The van der Waals surface area contributed by atoms with Crippen molar-refractivity contribution in [2.75, 3.05) is 6.26 Å². The number of rotatable bonds is 7. The second kappa shape index (κ2) is 8.79. The van der Waals surface area contributed by atoms with Gasteiger partial charge >= 0.3 is 5.69 Å². The van der Waals surface area contributed by atoms with Gasteiger partial charge in [0.1, 0.15) is 12.4 Å². The number of aryl methyl sites for hydroxylation is 3. The third-order valence-corrected chi connectivity index (χ3v) is 7.35. The van der Waals surface area contributed by atoms with Gasteiger partial charge in [-0.2, -0.15) is 14.5 Å². The number of aromatic nitrogens is 6. The number of hydrogen-bond donors (Lipinski definition) is 0. The van der Waals surface area contributed by atoms with Crippen molar-refractivity contribution >= 4 is 11.8 Å². The summed E-state index contributed by atoms with van der Waals surface area (Å²) >= 11 is 1.70. The molecule has 34 heavy (non-hydrogen) atoms. The average Bonchev–Trinajstić information content (AvgIpc) is 3.56. The summed E-state index contributed by atoms with van der Waals surface area (Å²) < 4.78 is 10.8. The second-order valence-electron chi connectivity index (χ2n) is 8.79. The summed E-state index contributed by atoms with van der Waals surface area (Å²) in [6.45, 7) is 4.51. The van der Waals surface area contributed by atoms with E-state index in [1.54, 1.807) is 18.8 Å². The lowest BCUT2D eigenvalue weighted by Crippen LogP contribution is -2.23. The van der Waals surface area contributed by atoms with E-state index in [1.807, 2.05) is 36.9 Å². The van der Waals surface area contributed by atoms with E-state index in [0.717, 1.165) is 51.7 Å². The van der Waals surface area contributed by atoms with Crippen LogP contribution < -0.4 is 10.4 Å². The Morgan fingerprint density at radius 2 is 1.88 bits per heavy atom. The summed E-state index contributed by atoms with van der Waals surface area (Å²) in [6, 6.07) is 12.2. The average molecular weight is 477 g/mol. The van der Waals surface area contributed by atoms with Crippen LogP contribution in [0.5, 0.6) is 5.75 Å². The SMILES string of the molecule is CSc1c(C)c(-c2ccc(OCc3c(C4CC4)cccc3-n3nnn(C)c3=O)c(C)c2)nn1C. The number of nitrogens with zero attached hydrogens (tertiary/aromatic N) is 6. The van der Waals surface area contributed by atoms with Gasteiger partial charge in [0.15, 0.2) is 0 Å². The Kier molecular flexibility index (Phi) is 5.81. The minimum absolute atomic E-state index is 0.273. The molecule has 4 aromatic rings. The van der Waals surface area contributed by atoms with Crippen LogP contribution in [0.25, 0.3) is 16.9 Å². The molecule has 1 aliphatic rings. The molecule has 8 nitrogen and oxygen atoms in total. The summed E-state index contributed by atoms with van der Waals surface area (Å²) in [5, 5.41) is 13.8. The van der Waals surface area contributed by atoms with E-state index in [1.165, 1.54) is 20.5 Å². The Morgan fingerprint density at radius 1 is 1.09 bits per heavy atom. The van der Waals surface area contributed by atoms with Crippen LogP contribution in [-0.4, -0.2) is 35.8 Å². The Balaban J connectivity index is 1.46. The van der Waals surface area contributed by atoms with Crippen molar-refractivity contribution < 1.29 is 4.74 Å². The Morgan fingerprint density at radius 3 is 2.50 bits per heavy atom. The molecule has 5 rings (SSSR count). The molecule has 0 bridgehead atoms. The highest BCUT2D eigenvalue weighted by molar-refractivity contribution is 7.98. The lowest BCUT2D eigenvalue weighted by molar-refractivity contribution is 0.302. The standard InChI is InChI=1S/C25H28N6O2S/c1-15-13-18(23-16(2)24(34-5)29(3)26-23)11-12-22(15)33-14-20-19(17-9-10-17)7-6-8-21(20)31-25(32)30(4)27-28-31/h6-8,11-13,17H,9-10,14H2,1-5H3. The van der Waals surface area contributed by atoms with Crippen LogP contribution in [0.15, 0.2) is 46.2 Å². The molecule has 1 saturated carbocycles. The van der Waals surface area contributed by atoms with Gasteiger partial charge < -0.3 is 4.74 Å². The number of hydrogen-bond acceptors (Lipinski definition) is 6. The van der Waals surface area contributed by atoms with Crippen molar-refractivity contribution in [3.8, 4) is 22.7 Å². The zero-order valence-corrected chi connectivity index (χ0v) is 20.9. The molecule has 0 atom stereocenters. The molecule has 2 aromatic carbocycles. The highest BCUT2D eigenvalue weighted by atomic mass is 32.2. The van der Waals surface area contributed by atoms with Crippen molar-refractivity contribution in [1.82, 2.24) is 29.6 Å². The lowest BCUT2D eigenvalue weighted by atomic mass is 10.0. The molecule has 0 unspecified atom stereocenters. The van der Waals surface area contributed by atoms with E-state index < -0.39 is 0 Å². The highest BCUT2D eigenvalue weighted by Gasteiger charge is 2.28. The summed E-state index contributed by atoms with van der Waals surface area (Å²) in [4.78, 5) is 12.5. The van der Waals surface area contributed by atoms with Crippen LogP contribution in [0.1, 0.15) is 41.0 Å². The molecule has 0 N–H and O–H groups in total. The van der Waals surface area contributed by atoms with Gasteiger partial charge in [0.2, 0.25) is 0 Å². The number of benzene rings is 2. The smallest absolute Gasteiger partial charge is 0.368 e. The Bertz CT molecular complexity index is 1430. The summed E-state index contributed by atoms with van der Waals surface area (Å²) in [6.07, 6.45) is 4.38. The van der Waals surface area contributed by atoms with Crippen molar-refractivity contribution in [3.05, 3.63) is 69.1 Å². The fourth-order valence-electron chi connectivity index (χ4n) is 4.47. The first-order chi connectivity index (χ1) is 16.4. The number of tetrazole rings is 1. The molecule has 0 saturated heterocycles. The molecule has 2 heterocycles. The summed E-state index contributed by atoms with van der Waals surface area (Å²) in [5.41, 5.74) is 6.94. The minimum Gasteiger partial charge on any atom is -0.489 e. The largest absolute Gasteiger partial charge is 0.489 e. The summed E-state index contributed by atoms with van der Waals surface area (Å²) in [7, 11) is 3.58. The van der Waals surface area contributed by atoms with Crippen LogP contribution in [0, 0.1) is 13.8 Å². The first kappa shape index (κ1) is 22.5. The third kappa shape index (κ3) is 3.94. The molecular formula is C25H28N6O2S. The molecule has 176 valence electrons. The molecule has 0 amide bonds. The topological polar surface area (TPSA) is 79.8 Å². The quantitative estimate of drug-likeness (QED) is 0.373. The minimum atomic E-state index is -0.273. The van der Waals surface area contributed by atoms with Gasteiger partial charge in [-0.1, -0.05) is 12.1 Å². The van der Waals surface area contributed by atoms with Crippen molar-refractivity contribution in [3.63, 3.8) is 0 Å². The molecule has 0 aliphatic heterocycles. The van der Waals surface area contributed by atoms with Gasteiger partial charge in [-0.25, -0.2) is 4.79 Å². The maximum atomic E-state index is 12.5. The number of ether oxygens (including phenoxy) is 1. The van der Waals surface area contributed by atoms with E-state index in [-0.39, 0.29) is 5.69 Å². The third-order valence-electron chi connectivity index (χ3n) is 6.39. The maximum Gasteiger partial charge on any atom is 0.368 e. The van der Waals surface area contributed by atoms with Crippen LogP contribution in [-0.2, 0) is 20.7 Å². The lowest BCUT2D eigenvalue weighted by Gasteiger charge is -2.16. The molecule has 2 aromatic heterocycles. The van der Waals surface area contributed by atoms with Crippen LogP contribution in [0.2, 0.25) is 0 Å². The fourth-order valence-corrected chi connectivity index (χ4v) is 5.18. The van der Waals surface area contributed by atoms with Crippen LogP contribution in [0.4, 0.5) is 0 Å². The first-order valence-electron chi connectivity index (χ1n) is 11.3. The second-order valence-corrected chi connectivity index (χ2v) is 9.59. The molecule has 1 fully saturated rings. The maximum absolute atomic E-state index is 12.5. The Labute approximate surface area is 202 Å². The normalized spacial score (nSPS) is 13.4. The van der Waals surface area contributed by atoms with E-state index in [9.17, 15) is 4.79 Å². The summed E-state index contributed by atoms with van der Waals surface area (Å²) in [5.74, 6) is 1.32. The monoisotopic (exact) mass is 476 g/mol.